The molecule has 1 aromatic carbocycles. The van der Waals surface area contributed by atoms with Crippen molar-refractivity contribution in [1.82, 2.24) is 4.98 Å². The molecule has 2 aromatic rings. The summed E-state index contributed by atoms with van der Waals surface area (Å²) < 4.78 is 5.38. The number of hydrogen-bond donors (Lipinski definition) is 1. The highest BCUT2D eigenvalue weighted by Gasteiger charge is 2.04. The van der Waals surface area contributed by atoms with E-state index in [0.717, 1.165) is 5.56 Å². The smallest absolute Gasteiger partial charge is 0.241 e. The Kier molecular flexibility index (Phi) is 3.27. The van der Waals surface area contributed by atoms with Crippen molar-refractivity contribution in [3.8, 4) is 5.75 Å². The Morgan fingerprint density at radius 2 is 1.94 bits per heavy atom. The van der Waals surface area contributed by atoms with Crippen LogP contribution < -0.4 is 10.2 Å². The molecular weight excluding hydrogens is 226 g/mol. The molecule has 0 saturated heterocycles. The standard InChI is InChI=1S/C12H10ClNO2/c13-10-6-14-7-11(12(10)15)16-8-9-4-2-1-3-5-9/h1-7H,8H2,(H,14,15). The zero-order valence-electron chi connectivity index (χ0n) is 8.44. The molecule has 1 heterocycles. The summed E-state index contributed by atoms with van der Waals surface area (Å²) in [6.45, 7) is 0.351. The first-order valence-corrected chi connectivity index (χ1v) is 5.18. The van der Waals surface area contributed by atoms with E-state index in [-0.39, 0.29) is 16.2 Å². The van der Waals surface area contributed by atoms with E-state index in [0.29, 0.717) is 6.61 Å². The van der Waals surface area contributed by atoms with Gasteiger partial charge in [-0.05, 0) is 5.56 Å². The van der Waals surface area contributed by atoms with Crippen LogP contribution in [0.25, 0.3) is 0 Å². The van der Waals surface area contributed by atoms with Gasteiger partial charge in [0.2, 0.25) is 5.43 Å². The van der Waals surface area contributed by atoms with E-state index in [1.165, 1.54) is 12.4 Å². The number of nitrogens with one attached hydrogen (secondary N) is 1. The maximum Gasteiger partial charge on any atom is 0.241 e. The van der Waals surface area contributed by atoms with Crippen molar-refractivity contribution < 1.29 is 4.74 Å². The van der Waals surface area contributed by atoms with Crippen LogP contribution in [0.15, 0.2) is 47.5 Å². The Morgan fingerprint density at radius 1 is 1.19 bits per heavy atom. The zero-order valence-corrected chi connectivity index (χ0v) is 9.20. The molecule has 3 nitrogen and oxygen atoms in total. The second-order valence-corrected chi connectivity index (χ2v) is 3.68. The topological polar surface area (TPSA) is 42.1 Å². The third-order valence-corrected chi connectivity index (χ3v) is 2.38. The van der Waals surface area contributed by atoms with E-state index in [1.54, 1.807) is 0 Å². The molecule has 1 N–H and O–H groups in total. The average molecular weight is 236 g/mol. The minimum Gasteiger partial charge on any atom is -0.483 e. The molecule has 0 aliphatic heterocycles. The predicted octanol–water partition coefficient (Wildman–Crippen LogP) is 2.61. The Hall–Kier alpha value is -1.74. The number of H-pyrrole nitrogens is 1. The molecule has 0 aliphatic rings. The Balaban J connectivity index is 2.11. The third-order valence-electron chi connectivity index (χ3n) is 2.10. The second-order valence-electron chi connectivity index (χ2n) is 3.27. The quantitative estimate of drug-likeness (QED) is 0.889. The first kappa shape index (κ1) is 10.8. The molecule has 0 bridgehead atoms. The van der Waals surface area contributed by atoms with E-state index in [9.17, 15) is 4.79 Å². The van der Waals surface area contributed by atoms with E-state index >= 15 is 0 Å². The van der Waals surface area contributed by atoms with Crippen LogP contribution in [0.2, 0.25) is 5.02 Å². The summed E-state index contributed by atoms with van der Waals surface area (Å²) in [7, 11) is 0. The molecule has 0 saturated carbocycles. The van der Waals surface area contributed by atoms with Gasteiger partial charge in [-0.3, -0.25) is 4.79 Å². The Bertz CT molecular complexity index is 522. The summed E-state index contributed by atoms with van der Waals surface area (Å²) in [6.07, 6.45) is 2.93. The average Bonchev–Trinajstić information content (AvgIpc) is 2.32. The predicted molar refractivity (Wildman–Crippen MR) is 62.8 cm³/mol. The summed E-state index contributed by atoms with van der Waals surface area (Å²) in [6, 6.07) is 9.62. The normalized spacial score (nSPS) is 10.1. The number of benzene rings is 1. The molecule has 0 fully saturated rings. The van der Waals surface area contributed by atoms with Crippen LogP contribution in [0.3, 0.4) is 0 Å². The zero-order chi connectivity index (χ0) is 11.4. The number of halogens is 1. The van der Waals surface area contributed by atoms with E-state index in [4.69, 9.17) is 16.3 Å². The highest BCUT2D eigenvalue weighted by Crippen LogP contribution is 2.09. The molecule has 0 amide bonds. The number of aromatic amines is 1. The summed E-state index contributed by atoms with van der Waals surface area (Å²) >= 11 is 5.67. The molecule has 0 unspecified atom stereocenters. The first-order chi connectivity index (χ1) is 7.77. The van der Waals surface area contributed by atoms with Crippen molar-refractivity contribution in [3.05, 3.63) is 63.5 Å². The van der Waals surface area contributed by atoms with Crippen molar-refractivity contribution in [3.63, 3.8) is 0 Å². The summed E-state index contributed by atoms with van der Waals surface area (Å²) in [5.74, 6) is 0.233. The summed E-state index contributed by atoms with van der Waals surface area (Å²) in [5, 5.41) is 0.130. The van der Waals surface area contributed by atoms with Crippen molar-refractivity contribution >= 4 is 11.6 Å². The monoisotopic (exact) mass is 235 g/mol. The van der Waals surface area contributed by atoms with Crippen molar-refractivity contribution in [2.24, 2.45) is 0 Å². The van der Waals surface area contributed by atoms with Crippen LogP contribution in [-0.2, 0) is 6.61 Å². The lowest BCUT2D eigenvalue weighted by molar-refractivity contribution is 0.302. The van der Waals surface area contributed by atoms with E-state index in [1.807, 2.05) is 30.3 Å². The van der Waals surface area contributed by atoms with Gasteiger partial charge in [-0.1, -0.05) is 41.9 Å². The number of pyridine rings is 1. The molecular formula is C12H10ClNO2. The maximum absolute atomic E-state index is 11.5. The molecule has 0 spiro atoms. The van der Waals surface area contributed by atoms with Crippen molar-refractivity contribution in [2.45, 2.75) is 6.61 Å². The molecule has 2 rings (SSSR count). The number of rotatable bonds is 3. The van der Waals surface area contributed by atoms with Crippen LogP contribution in [0.5, 0.6) is 5.75 Å². The minimum absolute atomic E-state index is 0.130. The van der Waals surface area contributed by atoms with Gasteiger partial charge in [0.15, 0.2) is 5.75 Å². The van der Waals surface area contributed by atoms with E-state index in [2.05, 4.69) is 4.98 Å². The SMILES string of the molecule is O=c1c(Cl)c[nH]cc1OCc1ccccc1. The molecule has 1 aromatic heterocycles. The van der Waals surface area contributed by atoms with Gasteiger partial charge in [0.25, 0.3) is 0 Å². The lowest BCUT2D eigenvalue weighted by Crippen LogP contribution is -2.08. The first-order valence-electron chi connectivity index (χ1n) is 4.80. The third kappa shape index (κ3) is 2.44. The van der Waals surface area contributed by atoms with Crippen LogP contribution >= 0.6 is 11.6 Å². The van der Waals surface area contributed by atoms with Gasteiger partial charge in [-0.25, -0.2) is 0 Å². The molecule has 4 heteroatoms. The van der Waals surface area contributed by atoms with Gasteiger partial charge in [0.1, 0.15) is 11.6 Å². The molecule has 82 valence electrons. The highest BCUT2D eigenvalue weighted by molar-refractivity contribution is 6.30. The van der Waals surface area contributed by atoms with Crippen LogP contribution in [0.1, 0.15) is 5.56 Å². The van der Waals surface area contributed by atoms with Gasteiger partial charge in [-0.2, -0.15) is 0 Å². The fraction of sp³-hybridized carbons (Fsp3) is 0.0833. The van der Waals surface area contributed by atoms with Gasteiger partial charge in [0, 0.05) is 12.4 Å². The van der Waals surface area contributed by atoms with Crippen LogP contribution in [-0.4, -0.2) is 4.98 Å². The highest BCUT2D eigenvalue weighted by atomic mass is 35.5. The fourth-order valence-electron chi connectivity index (χ4n) is 1.28. The Morgan fingerprint density at radius 3 is 2.69 bits per heavy atom. The summed E-state index contributed by atoms with van der Waals surface area (Å²) in [5.41, 5.74) is 0.707. The minimum atomic E-state index is -0.295. The largest absolute Gasteiger partial charge is 0.483 e. The lowest BCUT2D eigenvalue weighted by atomic mass is 10.2. The fourth-order valence-corrected chi connectivity index (χ4v) is 1.44. The lowest BCUT2D eigenvalue weighted by Gasteiger charge is -2.05. The van der Waals surface area contributed by atoms with Gasteiger partial charge in [0.05, 0.1) is 0 Å². The molecule has 0 atom stereocenters. The summed E-state index contributed by atoms with van der Waals surface area (Å²) in [4.78, 5) is 14.3. The molecule has 0 radical (unpaired) electrons. The second kappa shape index (κ2) is 4.86. The van der Waals surface area contributed by atoms with E-state index < -0.39 is 0 Å². The van der Waals surface area contributed by atoms with Gasteiger partial charge >= 0.3 is 0 Å². The van der Waals surface area contributed by atoms with Gasteiger partial charge in [-0.15, -0.1) is 0 Å². The van der Waals surface area contributed by atoms with Gasteiger partial charge < -0.3 is 9.72 Å². The number of ether oxygens (including phenoxy) is 1. The molecule has 16 heavy (non-hydrogen) atoms. The van der Waals surface area contributed by atoms with Crippen LogP contribution in [0, 0.1) is 0 Å². The van der Waals surface area contributed by atoms with Crippen molar-refractivity contribution in [2.75, 3.05) is 0 Å². The molecule has 0 aliphatic carbocycles. The maximum atomic E-state index is 11.5. The number of aromatic nitrogens is 1. The Labute approximate surface area is 97.7 Å². The van der Waals surface area contributed by atoms with Crippen LogP contribution in [0.4, 0.5) is 0 Å². The number of hydrogen-bond acceptors (Lipinski definition) is 2. The van der Waals surface area contributed by atoms with Crippen molar-refractivity contribution in [1.29, 1.82) is 0 Å².